The first-order valence-corrected chi connectivity index (χ1v) is 7.13. The first-order valence-electron chi connectivity index (χ1n) is 6.25. The van der Waals surface area contributed by atoms with E-state index in [0.717, 1.165) is 4.88 Å². The SMILES string of the molecule is COc1ccc2nnc(C(=O)NCc3cccs3)nc2c1. The zero-order valence-corrected chi connectivity index (χ0v) is 12.1. The number of ether oxygens (including phenoxy) is 1. The van der Waals surface area contributed by atoms with Crippen molar-refractivity contribution in [3.63, 3.8) is 0 Å². The van der Waals surface area contributed by atoms with Crippen molar-refractivity contribution in [2.75, 3.05) is 7.11 Å². The highest BCUT2D eigenvalue weighted by molar-refractivity contribution is 7.09. The number of fused-ring (bicyclic) bond motifs is 1. The van der Waals surface area contributed by atoms with Crippen LogP contribution in [0.5, 0.6) is 5.75 Å². The van der Waals surface area contributed by atoms with Crippen molar-refractivity contribution in [1.29, 1.82) is 0 Å². The van der Waals surface area contributed by atoms with Crippen LogP contribution in [0.25, 0.3) is 11.0 Å². The van der Waals surface area contributed by atoms with Crippen molar-refractivity contribution in [3.8, 4) is 5.75 Å². The van der Waals surface area contributed by atoms with E-state index >= 15 is 0 Å². The molecule has 3 aromatic rings. The number of hydrogen-bond donors (Lipinski definition) is 1. The van der Waals surface area contributed by atoms with Gasteiger partial charge >= 0.3 is 0 Å². The van der Waals surface area contributed by atoms with Gasteiger partial charge in [-0.2, -0.15) is 0 Å². The van der Waals surface area contributed by atoms with Gasteiger partial charge < -0.3 is 10.1 Å². The normalized spacial score (nSPS) is 10.5. The number of benzene rings is 1. The van der Waals surface area contributed by atoms with E-state index < -0.39 is 0 Å². The number of carbonyl (C=O) groups excluding carboxylic acids is 1. The van der Waals surface area contributed by atoms with Crippen molar-refractivity contribution in [1.82, 2.24) is 20.5 Å². The lowest BCUT2D eigenvalue weighted by Gasteiger charge is -2.04. The van der Waals surface area contributed by atoms with E-state index in [1.165, 1.54) is 0 Å². The Labute approximate surface area is 124 Å². The van der Waals surface area contributed by atoms with Crippen molar-refractivity contribution < 1.29 is 9.53 Å². The minimum Gasteiger partial charge on any atom is -0.497 e. The summed E-state index contributed by atoms with van der Waals surface area (Å²) < 4.78 is 5.13. The first kappa shape index (κ1) is 13.4. The molecule has 0 aliphatic heterocycles. The van der Waals surface area contributed by atoms with Crippen LogP contribution in [0.2, 0.25) is 0 Å². The number of aromatic nitrogens is 3. The molecular formula is C14H12N4O2S. The van der Waals surface area contributed by atoms with Gasteiger partial charge in [0.25, 0.3) is 5.91 Å². The molecule has 3 rings (SSSR count). The van der Waals surface area contributed by atoms with Crippen LogP contribution in [0.4, 0.5) is 0 Å². The average molecular weight is 300 g/mol. The van der Waals surface area contributed by atoms with Crippen molar-refractivity contribution in [3.05, 3.63) is 46.4 Å². The molecule has 0 saturated heterocycles. The summed E-state index contributed by atoms with van der Waals surface area (Å²) in [6.07, 6.45) is 0. The summed E-state index contributed by atoms with van der Waals surface area (Å²) in [6, 6.07) is 9.14. The minimum atomic E-state index is -0.347. The number of thiophene rings is 1. The van der Waals surface area contributed by atoms with E-state index in [0.29, 0.717) is 23.3 Å². The summed E-state index contributed by atoms with van der Waals surface area (Å²) in [5.41, 5.74) is 1.19. The highest BCUT2D eigenvalue weighted by atomic mass is 32.1. The third kappa shape index (κ3) is 2.97. The summed E-state index contributed by atoms with van der Waals surface area (Å²) in [5.74, 6) is 0.362. The fraction of sp³-hybridized carbons (Fsp3) is 0.143. The Bertz CT molecular complexity index is 774. The largest absolute Gasteiger partial charge is 0.497 e. The lowest BCUT2D eigenvalue weighted by atomic mass is 10.3. The van der Waals surface area contributed by atoms with Gasteiger partial charge in [0.15, 0.2) is 0 Å². The van der Waals surface area contributed by atoms with E-state index in [-0.39, 0.29) is 11.7 Å². The van der Waals surface area contributed by atoms with Crippen LogP contribution in [0, 0.1) is 0 Å². The van der Waals surface area contributed by atoms with Crippen LogP contribution in [-0.4, -0.2) is 28.2 Å². The second kappa shape index (κ2) is 5.84. The number of methoxy groups -OCH3 is 1. The monoisotopic (exact) mass is 300 g/mol. The number of nitrogens with one attached hydrogen (secondary N) is 1. The number of nitrogens with zero attached hydrogens (tertiary/aromatic N) is 3. The van der Waals surface area contributed by atoms with Gasteiger partial charge in [-0.1, -0.05) is 6.07 Å². The van der Waals surface area contributed by atoms with Crippen LogP contribution in [0.15, 0.2) is 35.7 Å². The van der Waals surface area contributed by atoms with Gasteiger partial charge in [0.2, 0.25) is 5.82 Å². The van der Waals surface area contributed by atoms with E-state index in [4.69, 9.17) is 4.74 Å². The minimum absolute atomic E-state index is 0.0484. The molecular weight excluding hydrogens is 288 g/mol. The van der Waals surface area contributed by atoms with E-state index in [2.05, 4.69) is 20.5 Å². The molecule has 1 N–H and O–H groups in total. The molecule has 7 heteroatoms. The van der Waals surface area contributed by atoms with Gasteiger partial charge in [0.1, 0.15) is 11.3 Å². The van der Waals surface area contributed by atoms with Gasteiger partial charge in [0.05, 0.1) is 19.2 Å². The van der Waals surface area contributed by atoms with Gasteiger partial charge in [-0.05, 0) is 23.6 Å². The lowest BCUT2D eigenvalue weighted by Crippen LogP contribution is -2.25. The number of amides is 1. The third-order valence-electron chi connectivity index (χ3n) is 2.87. The van der Waals surface area contributed by atoms with Crippen molar-refractivity contribution in [2.24, 2.45) is 0 Å². The second-order valence-corrected chi connectivity index (χ2v) is 5.28. The van der Waals surface area contributed by atoms with Crippen molar-refractivity contribution in [2.45, 2.75) is 6.54 Å². The molecule has 0 radical (unpaired) electrons. The molecule has 2 heterocycles. The number of rotatable bonds is 4. The summed E-state index contributed by atoms with van der Waals surface area (Å²) >= 11 is 1.58. The smallest absolute Gasteiger partial charge is 0.291 e. The zero-order chi connectivity index (χ0) is 14.7. The quantitative estimate of drug-likeness (QED) is 0.797. The molecule has 0 aliphatic rings. The molecule has 0 aliphatic carbocycles. The Balaban J connectivity index is 1.80. The zero-order valence-electron chi connectivity index (χ0n) is 11.2. The molecule has 1 amide bonds. The Kier molecular flexibility index (Phi) is 3.74. The maximum atomic E-state index is 12.0. The fourth-order valence-corrected chi connectivity index (χ4v) is 2.44. The van der Waals surface area contributed by atoms with Crippen LogP contribution in [0.1, 0.15) is 15.5 Å². The molecule has 0 saturated carbocycles. The van der Waals surface area contributed by atoms with E-state index in [1.807, 2.05) is 17.5 Å². The van der Waals surface area contributed by atoms with Gasteiger partial charge in [0, 0.05) is 10.9 Å². The molecule has 2 aromatic heterocycles. The van der Waals surface area contributed by atoms with Crippen LogP contribution in [-0.2, 0) is 6.54 Å². The maximum Gasteiger partial charge on any atom is 0.291 e. The highest BCUT2D eigenvalue weighted by Crippen LogP contribution is 2.16. The second-order valence-electron chi connectivity index (χ2n) is 4.25. The maximum absolute atomic E-state index is 12.0. The summed E-state index contributed by atoms with van der Waals surface area (Å²) in [5, 5.41) is 12.6. The predicted octanol–water partition coefficient (Wildman–Crippen LogP) is 2.02. The van der Waals surface area contributed by atoms with Crippen LogP contribution in [0.3, 0.4) is 0 Å². The average Bonchev–Trinajstić information content (AvgIpc) is 3.04. The van der Waals surface area contributed by atoms with E-state index in [9.17, 15) is 4.79 Å². The molecule has 21 heavy (non-hydrogen) atoms. The molecule has 6 nitrogen and oxygen atoms in total. The molecule has 0 fully saturated rings. The topological polar surface area (TPSA) is 77.0 Å². The number of hydrogen-bond acceptors (Lipinski definition) is 6. The van der Waals surface area contributed by atoms with Gasteiger partial charge in [-0.15, -0.1) is 21.5 Å². The summed E-state index contributed by atoms with van der Waals surface area (Å²) in [7, 11) is 1.57. The van der Waals surface area contributed by atoms with Gasteiger partial charge in [-0.3, -0.25) is 4.79 Å². The molecule has 0 bridgehead atoms. The molecule has 0 unspecified atom stereocenters. The molecule has 0 atom stereocenters. The lowest BCUT2D eigenvalue weighted by molar-refractivity contribution is 0.0940. The fourth-order valence-electron chi connectivity index (χ4n) is 1.80. The number of carbonyl (C=O) groups is 1. The molecule has 1 aromatic carbocycles. The summed E-state index contributed by atoms with van der Waals surface area (Å²) in [6.45, 7) is 0.454. The Morgan fingerprint density at radius 1 is 1.29 bits per heavy atom. The predicted molar refractivity (Wildman–Crippen MR) is 79.4 cm³/mol. The standard InChI is InChI=1S/C14H12N4O2S/c1-20-9-4-5-11-12(7-9)16-13(18-17-11)14(19)15-8-10-3-2-6-21-10/h2-7H,8H2,1H3,(H,15,19). The molecule has 106 valence electrons. The van der Waals surface area contributed by atoms with Crippen LogP contribution >= 0.6 is 11.3 Å². The van der Waals surface area contributed by atoms with Gasteiger partial charge in [-0.25, -0.2) is 4.98 Å². The Morgan fingerprint density at radius 3 is 2.95 bits per heavy atom. The summed E-state index contributed by atoms with van der Waals surface area (Å²) in [4.78, 5) is 17.3. The third-order valence-corrected chi connectivity index (χ3v) is 3.74. The van der Waals surface area contributed by atoms with E-state index in [1.54, 1.807) is 36.6 Å². The van der Waals surface area contributed by atoms with Crippen molar-refractivity contribution >= 4 is 28.3 Å². The highest BCUT2D eigenvalue weighted by Gasteiger charge is 2.11. The first-order chi connectivity index (χ1) is 10.3. The van der Waals surface area contributed by atoms with Crippen LogP contribution < -0.4 is 10.1 Å². The molecule has 0 spiro atoms. The Hall–Kier alpha value is -2.54. The Morgan fingerprint density at radius 2 is 2.19 bits per heavy atom.